The zero-order valence-electron chi connectivity index (χ0n) is 18.1. The van der Waals surface area contributed by atoms with Gasteiger partial charge in [0.2, 0.25) is 0 Å². The predicted molar refractivity (Wildman–Crippen MR) is 129 cm³/mol. The van der Waals surface area contributed by atoms with E-state index in [1.54, 1.807) is 0 Å². The number of hydrogen-bond donors (Lipinski definition) is 0. The fraction of sp³-hybridized carbons (Fsp3) is 0.321. The van der Waals surface area contributed by atoms with Gasteiger partial charge in [0.15, 0.2) is 0 Å². The van der Waals surface area contributed by atoms with E-state index < -0.39 is 13.3 Å². The van der Waals surface area contributed by atoms with Gasteiger partial charge in [0.1, 0.15) is 0 Å². The van der Waals surface area contributed by atoms with Crippen molar-refractivity contribution in [3.63, 3.8) is 0 Å². The third kappa shape index (κ3) is 4.18. The van der Waals surface area contributed by atoms with E-state index in [4.69, 9.17) is 0 Å². The SMILES string of the molecule is CC1CCC(C(C)[CH2][Ge]([c]2ccccc2)([c]2ccccc2)[c]2ccccc2)CC1=O. The monoisotopic (exact) mass is 458 g/mol. The van der Waals surface area contributed by atoms with Crippen molar-refractivity contribution < 1.29 is 4.79 Å². The van der Waals surface area contributed by atoms with E-state index in [1.807, 2.05) is 0 Å². The molecule has 0 radical (unpaired) electrons. The van der Waals surface area contributed by atoms with Gasteiger partial charge in [-0.1, -0.05) is 0 Å². The Hall–Kier alpha value is -2.13. The van der Waals surface area contributed by atoms with E-state index >= 15 is 0 Å². The van der Waals surface area contributed by atoms with Crippen molar-refractivity contribution in [2.75, 3.05) is 0 Å². The van der Waals surface area contributed by atoms with Gasteiger partial charge in [-0.25, -0.2) is 0 Å². The molecule has 0 N–H and O–H groups in total. The molecule has 4 rings (SSSR count). The number of hydrogen-bond acceptors (Lipinski definition) is 1. The number of benzene rings is 3. The molecule has 1 nitrogen and oxygen atoms in total. The Balaban J connectivity index is 1.82. The summed E-state index contributed by atoms with van der Waals surface area (Å²) in [5, 5.41) is 1.18. The van der Waals surface area contributed by atoms with Crippen LogP contribution in [0.4, 0.5) is 0 Å². The van der Waals surface area contributed by atoms with Gasteiger partial charge in [0.05, 0.1) is 0 Å². The van der Waals surface area contributed by atoms with Crippen LogP contribution in [0.1, 0.15) is 33.1 Å². The van der Waals surface area contributed by atoms with E-state index in [0.717, 1.165) is 12.8 Å². The van der Waals surface area contributed by atoms with Crippen molar-refractivity contribution in [2.24, 2.45) is 17.8 Å². The number of rotatable bonds is 6. The average molecular weight is 457 g/mol. The van der Waals surface area contributed by atoms with Crippen LogP contribution >= 0.6 is 0 Å². The van der Waals surface area contributed by atoms with E-state index in [9.17, 15) is 4.79 Å². The summed E-state index contributed by atoms with van der Waals surface area (Å²) < 4.78 is 4.53. The van der Waals surface area contributed by atoms with Gasteiger partial charge in [-0.3, -0.25) is 0 Å². The minimum absolute atomic E-state index is 0.247. The summed E-state index contributed by atoms with van der Waals surface area (Å²) in [5.41, 5.74) is 0. The molecule has 1 aliphatic carbocycles. The first-order chi connectivity index (χ1) is 14.6. The van der Waals surface area contributed by atoms with Gasteiger partial charge in [-0.2, -0.15) is 0 Å². The average Bonchev–Trinajstić information content (AvgIpc) is 2.81. The standard InChI is InChI=1S/C28H32GeO/c1-22-18-19-24(20-28(22)30)23(2)21-29(25-12-6-3-7-13-25,26-14-8-4-9-15-26)27-16-10-5-11-17-27/h3-17,22-24H,18-21H2,1-2H3. The summed E-state index contributed by atoms with van der Waals surface area (Å²) in [7, 11) is 0. The molecule has 0 heterocycles. The van der Waals surface area contributed by atoms with Crippen LogP contribution in [0.25, 0.3) is 0 Å². The molecule has 0 spiro atoms. The fourth-order valence-electron chi connectivity index (χ4n) is 5.34. The van der Waals surface area contributed by atoms with E-state index in [2.05, 4.69) is 105 Å². The van der Waals surface area contributed by atoms with Crippen LogP contribution < -0.4 is 13.2 Å². The maximum atomic E-state index is 12.5. The van der Waals surface area contributed by atoms with Crippen molar-refractivity contribution in [2.45, 2.75) is 38.4 Å². The van der Waals surface area contributed by atoms with Crippen LogP contribution in [0.3, 0.4) is 0 Å². The summed E-state index contributed by atoms with van der Waals surface area (Å²) in [4.78, 5) is 12.5. The molecule has 3 aromatic carbocycles. The Bertz CT molecular complexity index is 855. The van der Waals surface area contributed by atoms with Gasteiger partial charge >= 0.3 is 184 Å². The topological polar surface area (TPSA) is 17.1 Å². The second-order valence-corrected chi connectivity index (χ2v) is 17.4. The van der Waals surface area contributed by atoms with Gasteiger partial charge in [0, 0.05) is 0 Å². The second-order valence-electron chi connectivity index (χ2n) is 9.09. The zero-order chi connectivity index (χ0) is 21.0. The van der Waals surface area contributed by atoms with Gasteiger partial charge in [-0.15, -0.1) is 0 Å². The Morgan fingerprint density at radius 1 is 0.767 bits per heavy atom. The summed E-state index contributed by atoms with van der Waals surface area (Å²) in [6, 6.07) is 33.6. The molecule has 3 aromatic rings. The molecule has 0 saturated heterocycles. The van der Waals surface area contributed by atoms with E-state index in [1.165, 1.54) is 24.9 Å². The summed E-state index contributed by atoms with van der Waals surface area (Å²) in [5.74, 6) is 1.75. The van der Waals surface area contributed by atoms with Crippen LogP contribution in [-0.2, 0) is 4.79 Å². The Morgan fingerprint density at radius 3 is 1.60 bits per heavy atom. The van der Waals surface area contributed by atoms with Crippen LogP contribution in [0.5, 0.6) is 0 Å². The molecule has 1 aliphatic rings. The predicted octanol–water partition coefficient (Wildman–Crippen LogP) is 4.80. The fourth-order valence-corrected chi connectivity index (χ4v) is 16.4. The van der Waals surface area contributed by atoms with Crippen LogP contribution in [0.2, 0.25) is 5.25 Å². The molecule has 0 aromatic heterocycles. The Kier molecular flexibility index (Phi) is 6.58. The van der Waals surface area contributed by atoms with Crippen LogP contribution in [0.15, 0.2) is 91.0 Å². The first-order valence-electron chi connectivity index (χ1n) is 11.3. The van der Waals surface area contributed by atoms with Crippen molar-refractivity contribution in [1.82, 2.24) is 0 Å². The van der Waals surface area contributed by atoms with Gasteiger partial charge in [-0.05, 0) is 0 Å². The molecule has 0 bridgehead atoms. The minimum atomic E-state index is -2.92. The van der Waals surface area contributed by atoms with E-state index in [0.29, 0.717) is 17.6 Å². The molecule has 154 valence electrons. The van der Waals surface area contributed by atoms with Gasteiger partial charge < -0.3 is 0 Å². The Labute approximate surface area is 183 Å². The number of carbonyl (C=O) groups excluding carboxylic acids is 1. The maximum absolute atomic E-state index is 12.5. The summed E-state index contributed by atoms with van der Waals surface area (Å²) >= 11 is -2.92. The molecule has 30 heavy (non-hydrogen) atoms. The van der Waals surface area contributed by atoms with Crippen LogP contribution in [-0.4, -0.2) is 19.0 Å². The normalized spacial score (nSPS) is 20.7. The van der Waals surface area contributed by atoms with Crippen molar-refractivity contribution >= 4 is 32.2 Å². The van der Waals surface area contributed by atoms with E-state index in [-0.39, 0.29) is 5.92 Å². The molecule has 3 atom stereocenters. The molecule has 1 fully saturated rings. The van der Waals surface area contributed by atoms with Crippen molar-refractivity contribution in [3.05, 3.63) is 91.0 Å². The zero-order valence-corrected chi connectivity index (χ0v) is 20.2. The quantitative estimate of drug-likeness (QED) is 0.487. The van der Waals surface area contributed by atoms with Crippen molar-refractivity contribution in [1.29, 1.82) is 0 Å². The third-order valence-electron chi connectivity index (χ3n) is 7.22. The molecule has 2 heteroatoms. The Morgan fingerprint density at radius 2 is 1.20 bits per heavy atom. The molecule has 1 saturated carbocycles. The first kappa shape index (κ1) is 21.1. The molecular weight excluding hydrogens is 425 g/mol. The van der Waals surface area contributed by atoms with Gasteiger partial charge in [0.25, 0.3) is 0 Å². The molecular formula is C28H32GeO. The second kappa shape index (κ2) is 9.35. The van der Waals surface area contributed by atoms with Crippen molar-refractivity contribution in [3.8, 4) is 0 Å². The van der Waals surface area contributed by atoms with Crippen LogP contribution in [0, 0.1) is 17.8 Å². The molecule has 3 unspecified atom stereocenters. The summed E-state index contributed by atoms with van der Waals surface area (Å²) in [6.45, 7) is 4.51. The molecule has 0 amide bonds. The number of Topliss-reactive ketones (excluding diaryl/α,β-unsaturated/α-hetero) is 1. The number of carbonyl (C=O) groups is 1. The number of ketones is 1. The third-order valence-corrected chi connectivity index (χ3v) is 18.2. The molecule has 0 aliphatic heterocycles. The first-order valence-corrected chi connectivity index (χ1v) is 15.9. The summed E-state index contributed by atoms with van der Waals surface area (Å²) in [6.07, 6.45) is 3.00.